The largest absolute Gasteiger partial charge is 0.103 e. The van der Waals surface area contributed by atoms with Crippen molar-refractivity contribution in [2.45, 2.75) is 34.1 Å². The van der Waals surface area contributed by atoms with Crippen LogP contribution in [0.4, 0.5) is 0 Å². The maximum atomic E-state index is 4.02. The molecule has 0 aromatic carbocycles. The van der Waals surface area contributed by atoms with E-state index < -0.39 is 0 Å². The second kappa shape index (κ2) is 6.58. The second-order valence-electron chi connectivity index (χ2n) is 5.36. The van der Waals surface area contributed by atoms with Gasteiger partial charge in [-0.15, -0.1) is 19.7 Å². The molecule has 0 heteroatoms. The molecule has 0 saturated carbocycles. The van der Waals surface area contributed by atoms with E-state index in [0.717, 1.165) is 6.42 Å². The fraction of sp³-hybridized carbons (Fsp3) is 0.444. The van der Waals surface area contributed by atoms with Gasteiger partial charge in [0.25, 0.3) is 0 Å². The van der Waals surface area contributed by atoms with Crippen LogP contribution >= 0.6 is 0 Å². The molecule has 0 N–H and O–H groups in total. The lowest BCUT2D eigenvalue weighted by Crippen LogP contribution is -2.42. The van der Waals surface area contributed by atoms with E-state index in [2.05, 4.69) is 60.1 Å². The van der Waals surface area contributed by atoms with Crippen LogP contribution in [0.3, 0.4) is 0 Å². The molecule has 18 heavy (non-hydrogen) atoms. The number of rotatable bonds is 8. The summed E-state index contributed by atoms with van der Waals surface area (Å²) in [4.78, 5) is 0. The van der Waals surface area contributed by atoms with Gasteiger partial charge in [0.1, 0.15) is 0 Å². The molecule has 0 rings (SSSR count). The van der Waals surface area contributed by atoms with E-state index in [1.165, 1.54) is 5.57 Å². The SMILES string of the molecule is C=CCC(C(C=C)=CC)(C(C)C=C)C(C)(C)C=C. The summed E-state index contributed by atoms with van der Waals surface area (Å²) in [5.74, 6) is 0.313. The van der Waals surface area contributed by atoms with Crippen LogP contribution in [0.1, 0.15) is 34.1 Å². The minimum atomic E-state index is -0.0885. The molecule has 0 aliphatic heterocycles. The zero-order valence-corrected chi connectivity index (χ0v) is 12.5. The molecule has 0 bridgehead atoms. The van der Waals surface area contributed by atoms with Crippen molar-refractivity contribution in [2.24, 2.45) is 16.7 Å². The third-order valence-corrected chi connectivity index (χ3v) is 4.30. The third kappa shape index (κ3) is 2.58. The molecule has 0 saturated heterocycles. The summed E-state index contributed by atoms with van der Waals surface area (Å²) < 4.78 is 0. The van der Waals surface area contributed by atoms with Crippen molar-refractivity contribution < 1.29 is 0 Å². The Morgan fingerprint density at radius 3 is 2.00 bits per heavy atom. The normalized spacial score (nSPS) is 17.4. The lowest BCUT2D eigenvalue weighted by Gasteiger charge is -2.49. The van der Waals surface area contributed by atoms with E-state index in [1.54, 1.807) is 0 Å². The fourth-order valence-corrected chi connectivity index (χ4v) is 2.96. The van der Waals surface area contributed by atoms with Crippen LogP contribution in [0.15, 0.2) is 62.3 Å². The highest BCUT2D eigenvalue weighted by atomic mass is 14.5. The van der Waals surface area contributed by atoms with E-state index in [1.807, 2.05) is 24.3 Å². The third-order valence-electron chi connectivity index (χ3n) is 4.30. The average Bonchev–Trinajstić information content (AvgIpc) is 2.37. The van der Waals surface area contributed by atoms with Crippen LogP contribution in [-0.2, 0) is 0 Å². The highest BCUT2D eigenvalue weighted by molar-refractivity contribution is 5.33. The van der Waals surface area contributed by atoms with E-state index in [9.17, 15) is 0 Å². The minimum Gasteiger partial charge on any atom is -0.103 e. The maximum Gasteiger partial charge on any atom is 0.0129 e. The van der Waals surface area contributed by atoms with E-state index in [0.29, 0.717) is 5.92 Å². The van der Waals surface area contributed by atoms with Gasteiger partial charge in [-0.3, -0.25) is 0 Å². The summed E-state index contributed by atoms with van der Waals surface area (Å²) >= 11 is 0. The summed E-state index contributed by atoms with van der Waals surface area (Å²) in [6, 6.07) is 0. The van der Waals surface area contributed by atoms with Crippen molar-refractivity contribution in [3.05, 3.63) is 62.3 Å². The van der Waals surface area contributed by atoms with Crippen molar-refractivity contribution in [1.29, 1.82) is 0 Å². The van der Waals surface area contributed by atoms with Gasteiger partial charge in [-0.25, -0.2) is 0 Å². The van der Waals surface area contributed by atoms with Crippen molar-refractivity contribution in [2.75, 3.05) is 0 Å². The van der Waals surface area contributed by atoms with Gasteiger partial charge in [0.2, 0.25) is 0 Å². The molecule has 0 spiro atoms. The Bertz CT molecular complexity index is 354. The molecule has 0 amide bonds. The lowest BCUT2D eigenvalue weighted by molar-refractivity contribution is 0.121. The zero-order valence-electron chi connectivity index (χ0n) is 12.5. The van der Waals surface area contributed by atoms with Gasteiger partial charge < -0.3 is 0 Å². The molecule has 0 heterocycles. The second-order valence-corrected chi connectivity index (χ2v) is 5.36. The van der Waals surface area contributed by atoms with Gasteiger partial charge in [0, 0.05) is 5.41 Å². The first-order chi connectivity index (χ1) is 8.37. The van der Waals surface area contributed by atoms with Crippen LogP contribution in [0.25, 0.3) is 0 Å². The summed E-state index contributed by atoms with van der Waals surface area (Å²) in [6.07, 6.45) is 11.0. The van der Waals surface area contributed by atoms with Gasteiger partial charge in [-0.05, 0) is 30.3 Å². The first-order valence-electron chi connectivity index (χ1n) is 6.54. The van der Waals surface area contributed by atoms with Crippen LogP contribution < -0.4 is 0 Å². The Kier molecular flexibility index (Phi) is 6.11. The Morgan fingerprint density at radius 2 is 1.72 bits per heavy atom. The first-order valence-corrected chi connectivity index (χ1v) is 6.54. The van der Waals surface area contributed by atoms with Crippen LogP contribution in [-0.4, -0.2) is 0 Å². The van der Waals surface area contributed by atoms with Gasteiger partial charge in [-0.2, -0.15) is 0 Å². The van der Waals surface area contributed by atoms with Crippen LogP contribution in [0, 0.1) is 16.7 Å². The summed E-state index contributed by atoms with van der Waals surface area (Å²) in [5, 5.41) is 0. The molecule has 0 aromatic heterocycles. The molecule has 2 atom stereocenters. The summed E-state index contributed by atoms with van der Waals surface area (Å²) in [5.41, 5.74) is 1.08. The van der Waals surface area contributed by atoms with Crippen LogP contribution in [0.5, 0.6) is 0 Å². The Labute approximate surface area is 113 Å². The highest BCUT2D eigenvalue weighted by Crippen LogP contribution is 2.54. The van der Waals surface area contributed by atoms with Crippen molar-refractivity contribution >= 4 is 0 Å². The van der Waals surface area contributed by atoms with E-state index in [4.69, 9.17) is 0 Å². The van der Waals surface area contributed by atoms with Gasteiger partial charge >= 0.3 is 0 Å². The predicted octanol–water partition coefficient (Wildman–Crippen LogP) is 5.72. The monoisotopic (exact) mass is 244 g/mol. The first kappa shape index (κ1) is 16.7. The highest BCUT2D eigenvalue weighted by Gasteiger charge is 2.46. The van der Waals surface area contributed by atoms with Gasteiger partial charge in [-0.1, -0.05) is 57.7 Å². The molecular formula is C18H28. The number of hydrogen-bond acceptors (Lipinski definition) is 0. The van der Waals surface area contributed by atoms with Crippen LogP contribution in [0.2, 0.25) is 0 Å². The molecule has 0 nitrogen and oxygen atoms in total. The molecule has 0 fully saturated rings. The lowest BCUT2D eigenvalue weighted by atomic mass is 9.54. The molecule has 0 aliphatic rings. The predicted molar refractivity (Wildman–Crippen MR) is 84.5 cm³/mol. The Hall–Kier alpha value is -1.30. The van der Waals surface area contributed by atoms with Crippen molar-refractivity contribution in [3.63, 3.8) is 0 Å². The Morgan fingerprint density at radius 1 is 1.17 bits per heavy atom. The summed E-state index contributed by atoms with van der Waals surface area (Å²) in [7, 11) is 0. The number of allylic oxidation sites excluding steroid dienone is 6. The quantitative estimate of drug-likeness (QED) is 0.378. The Balaban J connectivity index is 6.20. The summed E-state index contributed by atoms with van der Waals surface area (Å²) in [6.45, 7) is 24.6. The zero-order chi connectivity index (χ0) is 14.4. The average molecular weight is 244 g/mol. The fourth-order valence-electron chi connectivity index (χ4n) is 2.96. The van der Waals surface area contributed by atoms with Gasteiger partial charge in [0.15, 0.2) is 0 Å². The minimum absolute atomic E-state index is 0.0647. The molecule has 0 aliphatic carbocycles. The number of hydrogen-bond donors (Lipinski definition) is 0. The van der Waals surface area contributed by atoms with Crippen molar-refractivity contribution in [1.82, 2.24) is 0 Å². The molecular weight excluding hydrogens is 216 g/mol. The topological polar surface area (TPSA) is 0 Å². The molecule has 100 valence electrons. The maximum absolute atomic E-state index is 4.02. The van der Waals surface area contributed by atoms with E-state index in [-0.39, 0.29) is 10.8 Å². The van der Waals surface area contributed by atoms with Gasteiger partial charge in [0.05, 0.1) is 0 Å². The van der Waals surface area contributed by atoms with Crippen molar-refractivity contribution in [3.8, 4) is 0 Å². The smallest absolute Gasteiger partial charge is 0.0129 e. The van der Waals surface area contributed by atoms with E-state index >= 15 is 0 Å². The standard InChI is InChI=1S/C18H28/c1-9-14-18(15(6)10-2,16(11-3)12-4)17(7,8)13-5/h9-13,15H,1-3,5,14H2,4,6-8H3. The molecule has 2 unspecified atom stereocenters. The molecule has 0 radical (unpaired) electrons. The molecule has 0 aromatic rings.